The Balaban J connectivity index is 2.40. The van der Waals surface area contributed by atoms with Crippen molar-refractivity contribution in [3.05, 3.63) is 11.6 Å². The van der Waals surface area contributed by atoms with Gasteiger partial charge >= 0.3 is 0 Å². The monoisotopic (exact) mass is 225 g/mol. The van der Waals surface area contributed by atoms with Crippen molar-refractivity contribution >= 4 is 5.91 Å². The van der Waals surface area contributed by atoms with Gasteiger partial charge in [0.15, 0.2) is 0 Å². The van der Waals surface area contributed by atoms with Crippen LogP contribution < -0.4 is 5.32 Å². The van der Waals surface area contributed by atoms with E-state index in [1.165, 1.54) is 0 Å². The number of H-pyrrole nitrogens is 1. The van der Waals surface area contributed by atoms with Crippen LogP contribution in [0.15, 0.2) is 0 Å². The molecule has 0 unspecified atom stereocenters. The van der Waals surface area contributed by atoms with E-state index in [1.807, 2.05) is 19.0 Å². The van der Waals surface area contributed by atoms with Crippen molar-refractivity contribution in [2.24, 2.45) is 0 Å². The van der Waals surface area contributed by atoms with Crippen LogP contribution >= 0.6 is 0 Å². The van der Waals surface area contributed by atoms with Crippen molar-refractivity contribution in [1.82, 2.24) is 25.4 Å². The fraction of sp³-hybridized carbons (Fsp3) is 0.700. The number of carbonyl (C=O) groups excluding carboxylic acids is 1. The molecule has 2 N–H and O–H groups in total. The van der Waals surface area contributed by atoms with Gasteiger partial charge in [0.05, 0.1) is 0 Å². The van der Waals surface area contributed by atoms with Gasteiger partial charge in [0.2, 0.25) is 5.82 Å². The number of nitrogens with zero attached hydrogens (tertiary/aromatic N) is 3. The van der Waals surface area contributed by atoms with Crippen molar-refractivity contribution in [2.45, 2.75) is 19.8 Å². The zero-order chi connectivity index (χ0) is 12.0. The van der Waals surface area contributed by atoms with Crippen LogP contribution in [0, 0.1) is 0 Å². The van der Waals surface area contributed by atoms with Crippen LogP contribution in [0.1, 0.15) is 29.8 Å². The fourth-order valence-electron chi connectivity index (χ4n) is 1.22. The lowest BCUT2D eigenvalue weighted by molar-refractivity contribution is 0.0941. The second-order valence-corrected chi connectivity index (χ2v) is 3.91. The van der Waals surface area contributed by atoms with Crippen LogP contribution in [0.2, 0.25) is 0 Å². The van der Waals surface area contributed by atoms with E-state index >= 15 is 0 Å². The Hall–Kier alpha value is -1.43. The Morgan fingerprint density at radius 3 is 2.88 bits per heavy atom. The van der Waals surface area contributed by atoms with Gasteiger partial charge in [-0.25, -0.2) is 4.98 Å². The third-order valence-corrected chi connectivity index (χ3v) is 2.07. The normalized spacial score (nSPS) is 10.8. The van der Waals surface area contributed by atoms with Crippen LogP contribution in [0.4, 0.5) is 0 Å². The molecule has 0 spiro atoms. The first-order valence-electron chi connectivity index (χ1n) is 5.47. The van der Waals surface area contributed by atoms with Crippen molar-refractivity contribution in [3.63, 3.8) is 0 Å². The van der Waals surface area contributed by atoms with Gasteiger partial charge in [-0.2, -0.15) is 0 Å². The van der Waals surface area contributed by atoms with E-state index in [9.17, 15) is 4.79 Å². The first kappa shape index (κ1) is 12.6. The Bertz CT molecular complexity index is 334. The smallest absolute Gasteiger partial charge is 0.291 e. The third kappa shape index (κ3) is 3.98. The molecule has 1 aromatic heterocycles. The van der Waals surface area contributed by atoms with E-state index in [0.29, 0.717) is 6.54 Å². The molecule has 0 aliphatic carbocycles. The zero-order valence-corrected chi connectivity index (χ0v) is 10.1. The maximum Gasteiger partial charge on any atom is 0.291 e. The maximum absolute atomic E-state index is 11.6. The summed E-state index contributed by atoms with van der Waals surface area (Å²) in [6.45, 7) is 3.46. The molecular formula is C10H19N5O. The molecule has 16 heavy (non-hydrogen) atoms. The standard InChI is InChI=1S/C10H19N5O/c1-4-5-8-12-9(14-13-8)10(16)11-6-7-15(2)3/h4-7H2,1-3H3,(H,11,16)(H,12,13,14). The second kappa shape index (κ2) is 6.22. The number of likely N-dealkylation sites (N-methyl/N-ethyl adjacent to an activating group) is 1. The van der Waals surface area contributed by atoms with Crippen LogP contribution in [0.25, 0.3) is 0 Å². The summed E-state index contributed by atoms with van der Waals surface area (Å²) in [5, 5.41) is 9.39. The molecule has 6 heteroatoms. The third-order valence-electron chi connectivity index (χ3n) is 2.07. The fourth-order valence-corrected chi connectivity index (χ4v) is 1.22. The van der Waals surface area contributed by atoms with Crippen molar-refractivity contribution in [1.29, 1.82) is 0 Å². The van der Waals surface area contributed by atoms with E-state index in [0.717, 1.165) is 25.2 Å². The maximum atomic E-state index is 11.6. The van der Waals surface area contributed by atoms with E-state index in [4.69, 9.17) is 0 Å². The van der Waals surface area contributed by atoms with Crippen LogP contribution in [0.5, 0.6) is 0 Å². The summed E-state index contributed by atoms with van der Waals surface area (Å²) in [7, 11) is 3.91. The zero-order valence-electron chi connectivity index (χ0n) is 10.1. The Morgan fingerprint density at radius 2 is 2.25 bits per heavy atom. The van der Waals surface area contributed by atoms with Gasteiger partial charge in [-0.3, -0.25) is 9.89 Å². The summed E-state index contributed by atoms with van der Waals surface area (Å²) in [4.78, 5) is 17.7. The molecule has 0 aliphatic rings. The highest BCUT2D eigenvalue weighted by molar-refractivity contribution is 5.90. The molecule has 0 fully saturated rings. The molecule has 0 saturated carbocycles. The minimum absolute atomic E-state index is 0.222. The number of amides is 1. The molecular weight excluding hydrogens is 206 g/mol. The predicted octanol–water partition coefficient (Wildman–Crippen LogP) is 0.0486. The number of aromatic nitrogens is 3. The summed E-state index contributed by atoms with van der Waals surface area (Å²) in [6.07, 6.45) is 1.80. The minimum Gasteiger partial charge on any atom is -0.348 e. The number of hydrogen-bond donors (Lipinski definition) is 2. The van der Waals surface area contributed by atoms with Gasteiger partial charge in [-0.1, -0.05) is 6.92 Å². The number of rotatable bonds is 6. The molecule has 1 heterocycles. The van der Waals surface area contributed by atoms with Gasteiger partial charge in [0.25, 0.3) is 5.91 Å². The molecule has 0 atom stereocenters. The summed E-state index contributed by atoms with van der Waals surface area (Å²) in [5.74, 6) is 0.767. The highest BCUT2D eigenvalue weighted by Crippen LogP contribution is 1.96. The molecule has 0 bridgehead atoms. The average Bonchev–Trinajstić information content (AvgIpc) is 2.66. The summed E-state index contributed by atoms with van der Waals surface area (Å²) < 4.78 is 0. The van der Waals surface area contributed by atoms with Gasteiger partial charge in [0, 0.05) is 19.5 Å². The molecule has 1 aromatic rings. The highest BCUT2D eigenvalue weighted by atomic mass is 16.2. The lowest BCUT2D eigenvalue weighted by Crippen LogP contribution is -2.31. The van der Waals surface area contributed by atoms with Crippen LogP contribution in [-0.2, 0) is 6.42 Å². The molecule has 1 amide bonds. The number of aromatic amines is 1. The lowest BCUT2D eigenvalue weighted by Gasteiger charge is -2.08. The summed E-state index contributed by atoms with van der Waals surface area (Å²) in [5.41, 5.74) is 0. The minimum atomic E-state index is -0.222. The van der Waals surface area contributed by atoms with Gasteiger partial charge in [-0.15, -0.1) is 5.10 Å². The van der Waals surface area contributed by atoms with E-state index < -0.39 is 0 Å². The van der Waals surface area contributed by atoms with Gasteiger partial charge in [-0.05, 0) is 20.5 Å². The van der Waals surface area contributed by atoms with Crippen LogP contribution in [-0.4, -0.2) is 53.2 Å². The number of nitrogens with one attached hydrogen (secondary N) is 2. The molecule has 6 nitrogen and oxygen atoms in total. The SMILES string of the molecule is CCCc1nc(C(=O)NCCN(C)C)n[nH]1. The first-order chi connectivity index (χ1) is 7.63. The molecule has 0 aromatic carbocycles. The Kier molecular flexibility index (Phi) is 4.91. The van der Waals surface area contributed by atoms with Crippen molar-refractivity contribution in [3.8, 4) is 0 Å². The average molecular weight is 225 g/mol. The topological polar surface area (TPSA) is 73.9 Å². The van der Waals surface area contributed by atoms with E-state index in [2.05, 4.69) is 27.4 Å². The summed E-state index contributed by atoms with van der Waals surface area (Å²) >= 11 is 0. The van der Waals surface area contributed by atoms with Gasteiger partial charge < -0.3 is 10.2 Å². The first-order valence-corrected chi connectivity index (χ1v) is 5.47. The molecule has 90 valence electrons. The van der Waals surface area contributed by atoms with Crippen molar-refractivity contribution < 1.29 is 4.79 Å². The lowest BCUT2D eigenvalue weighted by atomic mass is 10.3. The summed E-state index contributed by atoms with van der Waals surface area (Å²) in [6, 6.07) is 0. The largest absolute Gasteiger partial charge is 0.348 e. The van der Waals surface area contributed by atoms with Crippen LogP contribution in [0.3, 0.4) is 0 Å². The Morgan fingerprint density at radius 1 is 1.50 bits per heavy atom. The predicted molar refractivity (Wildman–Crippen MR) is 61.3 cm³/mol. The molecule has 0 radical (unpaired) electrons. The van der Waals surface area contributed by atoms with Gasteiger partial charge in [0.1, 0.15) is 5.82 Å². The molecule has 0 aliphatic heterocycles. The highest BCUT2D eigenvalue weighted by Gasteiger charge is 2.11. The van der Waals surface area contributed by atoms with E-state index in [-0.39, 0.29) is 11.7 Å². The number of hydrogen-bond acceptors (Lipinski definition) is 4. The number of aryl methyl sites for hydroxylation is 1. The number of carbonyl (C=O) groups is 1. The quantitative estimate of drug-likeness (QED) is 0.717. The van der Waals surface area contributed by atoms with Crippen molar-refractivity contribution in [2.75, 3.05) is 27.2 Å². The second-order valence-electron chi connectivity index (χ2n) is 3.91. The van der Waals surface area contributed by atoms with E-state index in [1.54, 1.807) is 0 Å². The molecule has 1 rings (SSSR count). The molecule has 0 saturated heterocycles. The Labute approximate surface area is 95.4 Å².